The van der Waals surface area contributed by atoms with Crippen LogP contribution in [-0.4, -0.2) is 16.9 Å². The Bertz CT molecular complexity index is 859. The summed E-state index contributed by atoms with van der Waals surface area (Å²) in [5.74, 6) is -1.92. The van der Waals surface area contributed by atoms with Gasteiger partial charge in [-0.1, -0.05) is 48.5 Å². The molecule has 0 unspecified atom stereocenters. The maximum atomic E-state index is 12.2. The fraction of sp³-hybridized carbons (Fsp3) is 0. The Morgan fingerprint density at radius 1 is 0.957 bits per heavy atom. The number of carboxylic acid groups (broad SMARTS) is 1. The minimum absolute atomic E-state index is 0.0453. The van der Waals surface area contributed by atoms with Gasteiger partial charge in [-0.05, 0) is 6.07 Å². The van der Waals surface area contributed by atoms with Gasteiger partial charge in [-0.25, -0.2) is 4.98 Å². The molecule has 3 aromatic rings. The van der Waals surface area contributed by atoms with Gasteiger partial charge in [-0.3, -0.25) is 10.1 Å². The lowest BCUT2D eigenvalue weighted by Crippen LogP contribution is -2.26. The van der Waals surface area contributed by atoms with Crippen molar-refractivity contribution in [2.45, 2.75) is 0 Å². The smallest absolute Gasteiger partial charge is 0.258 e. The van der Waals surface area contributed by atoms with Crippen LogP contribution < -0.4 is 10.4 Å². The number of nitrogens with one attached hydrogen (secondary N) is 1. The molecule has 1 heterocycles. The SMILES string of the molecule is O=C([O-])c1ccccc1C(=O)Nc1nc(-c2ccccc2)cs1. The van der Waals surface area contributed by atoms with Gasteiger partial charge in [0.15, 0.2) is 5.13 Å². The molecule has 0 aliphatic rings. The van der Waals surface area contributed by atoms with Gasteiger partial charge in [0.1, 0.15) is 0 Å². The van der Waals surface area contributed by atoms with Gasteiger partial charge in [0.05, 0.1) is 11.7 Å². The van der Waals surface area contributed by atoms with E-state index in [9.17, 15) is 14.7 Å². The van der Waals surface area contributed by atoms with Crippen molar-refractivity contribution in [3.05, 3.63) is 71.1 Å². The van der Waals surface area contributed by atoms with Crippen molar-refractivity contribution in [3.63, 3.8) is 0 Å². The number of benzene rings is 2. The molecule has 1 N–H and O–H groups in total. The number of carbonyl (C=O) groups is 2. The highest BCUT2D eigenvalue weighted by Crippen LogP contribution is 2.25. The van der Waals surface area contributed by atoms with Crippen LogP contribution in [0.4, 0.5) is 5.13 Å². The molecule has 0 aliphatic carbocycles. The number of hydrogen-bond acceptors (Lipinski definition) is 5. The highest BCUT2D eigenvalue weighted by molar-refractivity contribution is 7.14. The molecule has 0 saturated heterocycles. The molecule has 0 fully saturated rings. The number of hydrogen-bond donors (Lipinski definition) is 1. The zero-order valence-corrected chi connectivity index (χ0v) is 12.7. The summed E-state index contributed by atoms with van der Waals surface area (Å²) < 4.78 is 0. The fourth-order valence-electron chi connectivity index (χ4n) is 2.10. The normalized spacial score (nSPS) is 10.3. The number of carbonyl (C=O) groups excluding carboxylic acids is 2. The van der Waals surface area contributed by atoms with Crippen LogP contribution in [0.3, 0.4) is 0 Å². The van der Waals surface area contributed by atoms with Crippen molar-refractivity contribution in [2.75, 3.05) is 5.32 Å². The van der Waals surface area contributed by atoms with Crippen LogP contribution in [-0.2, 0) is 0 Å². The molecule has 0 saturated carbocycles. The fourth-order valence-corrected chi connectivity index (χ4v) is 2.81. The van der Waals surface area contributed by atoms with Crippen molar-refractivity contribution in [2.24, 2.45) is 0 Å². The summed E-state index contributed by atoms with van der Waals surface area (Å²) in [6.07, 6.45) is 0. The average molecular weight is 323 g/mol. The third-order valence-electron chi connectivity index (χ3n) is 3.19. The highest BCUT2D eigenvalue weighted by Gasteiger charge is 2.13. The molecule has 0 radical (unpaired) electrons. The van der Waals surface area contributed by atoms with E-state index in [-0.39, 0.29) is 11.1 Å². The van der Waals surface area contributed by atoms with Gasteiger partial charge in [-0.15, -0.1) is 11.3 Å². The summed E-state index contributed by atoms with van der Waals surface area (Å²) in [5, 5.41) is 15.9. The lowest BCUT2D eigenvalue weighted by Gasteiger charge is -2.09. The van der Waals surface area contributed by atoms with Crippen molar-refractivity contribution in [1.82, 2.24) is 4.98 Å². The molecule has 0 bridgehead atoms. The minimum atomic E-state index is -1.39. The van der Waals surface area contributed by atoms with Crippen LogP contribution in [0.2, 0.25) is 0 Å². The molecule has 114 valence electrons. The van der Waals surface area contributed by atoms with E-state index in [0.29, 0.717) is 5.13 Å². The molecular weight excluding hydrogens is 312 g/mol. The van der Waals surface area contributed by atoms with E-state index >= 15 is 0 Å². The molecule has 0 aliphatic heterocycles. The summed E-state index contributed by atoms with van der Waals surface area (Å²) in [6.45, 7) is 0. The number of anilines is 1. The number of carboxylic acids is 1. The van der Waals surface area contributed by atoms with E-state index in [1.807, 2.05) is 35.7 Å². The number of nitrogens with zero attached hydrogens (tertiary/aromatic N) is 1. The maximum Gasteiger partial charge on any atom is 0.258 e. The van der Waals surface area contributed by atoms with Gasteiger partial charge >= 0.3 is 0 Å². The summed E-state index contributed by atoms with van der Waals surface area (Å²) in [4.78, 5) is 27.7. The molecule has 0 atom stereocenters. The first-order chi connectivity index (χ1) is 11.1. The zero-order valence-electron chi connectivity index (χ0n) is 11.9. The van der Waals surface area contributed by atoms with E-state index in [4.69, 9.17) is 0 Å². The topological polar surface area (TPSA) is 82.1 Å². The van der Waals surface area contributed by atoms with Crippen LogP contribution in [0, 0.1) is 0 Å². The highest BCUT2D eigenvalue weighted by atomic mass is 32.1. The lowest BCUT2D eigenvalue weighted by molar-refractivity contribution is -0.255. The molecule has 23 heavy (non-hydrogen) atoms. The van der Waals surface area contributed by atoms with Crippen LogP contribution in [0.5, 0.6) is 0 Å². The molecule has 1 aromatic heterocycles. The monoisotopic (exact) mass is 323 g/mol. The summed E-state index contributed by atoms with van der Waals surface area (Å²) in [6, 6.07) is 15.5. The van der Waals surface area contributed by atoms with E-state index in [2.05, 4.69) is 10.3 Å². The van der Waals surface area contributed by atoms with E-state index < -0.39 is 11.9 Å². The summed E-state index contributed by atoms with van der Waals surface area (Å²) in [5.41, 5.74) is 1.59. The van der Waals surface area contributed by atoms with Gasteiger partial charge in [-0.2, -0.15) is 0 Å². The Labute approximate surface area is 136 Å². The van der Waals surface area contributed by atoms with Crippen LogP contribution in [0.15, 0.2) is 60.0 Å². The molecule has 6 heteroatoms. The second-order valence-electron chi connectivity index (χ2n) is 4.69. The van der Waals surface area contributed by atoms with Crippen molar-refractivity contribution in [1.29, 1.82) is 0 Å². The number of aromatic nitrogens is 1. The van der Waals surface area contributed by atoms with Crippen LogP contribution in [0.1, 0.15) is 20.7 Å². The third-order valence-corrected chi connectivity index (χ3v) is 3.94. The maximum absolute atomic E-state index is 12.2. The number of thiazole rings is 1. The van der Waals surface area contributed by atoms with Gasteiger partial charge in [0.2, 0.25) is 0 Å². The Kier molecular flexibility index (Phi) is 4.16. The second-order valence-corrected chi connectivity index (χ2v) is 5.55. The summed E-state index contributed by atoms with van der Waals surface area (Å²) in [7, 11) is 0. The second kappa shape index (κ2) is 6.41. The van der Waals surface area contributed by atoms with Crippen molar-refractivity contribution < 1.29 is 14.7 Å². The number of aromatic carboxylic acids is 1. The van der Waals surface area contributed by atoms with Gasteiger partial charge < -0.3 is 9.90 Å². The van der Waals surface area contributed by atoms with E-state index in [1.165, 1.54) is 23.5 Å². The largest absolute Gasteiger partial charge is 0.545 e. The zero-order chi connectivity index (χ0) is 16.2. The number of rotatable bonds is 4. The quantitative estimate of drug-likeness (QED) is 0.799. The Morgan fingerprint density at radius 2 is 1.61 bits per heavy atom. The number of amides is 1. The van der Waals surface area contributed by atoms with Crippen molar-refractivity contribution in [3.8, 4) is 11.3 Å². The lowest BCUT2D eigenvalue weighted by atomic mass is 10.1. The predicted molar refractivity (Wildman–Crippen MR) is 86.3 cm³/mol. The van der Waals surface area contributed by atoms with E-state index in [0.717, 1.165) is 11.3 Å². The Balaban J connectivity index is 1.82. The van der Waals surface area contributed by atoms with Crippen LogP contribution in [0.25, 0.3) is 11.3 Å². The van der Waals surface area contributed by atoms with Gasteiger partial charge in [0, 0.05) is 22.1 Å². The first kappa shape index (κ1) is 14.9. The molecular formula is C17H11N2O3S-. The van der Waals surface area contributed by atoms with Crippen LogP contribution >= 0.6 is 11.3 Å². The first-order valence-electron chi connectivity index (χ1n) is 6.78. The first-order valence-corrected chi connectivity index (χ1v) is 7.66. The average Bonchev–Trinajstić information content (AvgIpc) is 3.04. The molecule has 5 nitrogen and oxygen atoms in total. The molecule has 1 amide bonds. The summed E-state index contributed by atoms with van der Waals surface area (Å²) >= 11 is 1.28. The molecule has 3 rings (SSSR count). The standard InChI is InChI=1S/C17H12N2O3S/c20-15(12-8-4-5-9-13(12)16(21)22)19-17-18-14(10-23-17)11-6-2-1-3-7-11/h1-10H,(H,21,22)(H,18,19,20)/p-1. The van der Waals surface area contributed by atoms with Crippen molar-refractivity contribution >= 4 is 28.3 Å². The Hall–Kier alpha value is -2.99. The Morgan fingerprint density at radius 3 is 2.30 bits per heavy atom. The van der Waals surface area contributed by atoms with E-state index in [1.54, 1.807) is 12.1 Å². The molecule has 0 spiro atoms. The molecule has 2 aromatic carbocycles. The predicted octanol–water partition coefficient (Wildman–Crippen LogP) is 2.43. The van der Waals surface area contributed by atoms with Gasteiger partial charge in [0.25, 0.3) is 5.91 Å². The third kappa shape index (κ3) is 3.27. The minimum Gasteiger partial charge on any atom is -0.545 e.